The second kappa shape index (κ2) is 6.99. The Morgan fingerprint density at radius 1 is 1.23 bits per heavy atom. The Hall–Kier alpha value is -3.16. The number of aromatic nitrogens is 4. The van der Waals surface area contributed by atoms with Crippen molar-refractivity contribution in [2.45, 2.75) is 19.3 Å². The molecule has 4 bridgehead atoms. The Morgan fingerprint density at radius 3 is 3.00 bits per heavy atom. The molecule has 134 valence electrons. The first-order chi connectivity index (χ1) is 12.7. The lowest BCUT2D eigenvalue weighted by Gasteiger charge is -2.20. The largest absolute Gasteiger partial charge is 0.478 e. The Balaban J connectivity index is 1.70. The molecule has 1 aliphatic rings. The molecule has 0 radical (unpaired) electrons. The van der Waals surface area contributed by atoms with Crippen LogP contribution in [0.2, 0.25) is 0 Å². The van der Waals surface area contributed by atoms with Gasteiger partial charge in [-0.25, -0.2) is 9.97 Å². The third kappa shape index (κ3) is 3.30. The number of hydrogen-bond acceptors (Lipinski definition) is 6. The highest BCUT2D eigenvalue weighted by atomic mass is 16.5. The molecular formula is C18H19N5O3. The first-order valence-corrected chi connectivity index (χ1v) is 8.56. The zero-order valence-electron chi connectivity index (χ0n) is 14.5. The van der Waals surface area contributed by atoms with E-state index in [0.29, 0.717) is 24.9 Å². The summed E-state index contributed by atoms with van der Waals surface area (Å²) in [4.78, 5) is 23.3. The summed E-state index contributed by atoms with van der Waals surface area (Å²) in [5.41, 5.74) is 1.73. The minimum atomic E-state index is -0.199. The molecular weight excluding hydrogens is 334 g/mol. The molecule has 4 heterocycles. The van der Waals surface area contributed by atoms with Gasteiger partial charge in [0.25, 0.3) is 5.91 Å². The van der Waals surface area contributed by atoms with Gasteiger partial charge in [0.1, 0.15) is 6.26 Å². The van der Waals surface area contributed by atoms with Crippen molar-refractivity contribution in [3.8, 4) is 17.3 Å². The van der Waals surface area contributed by atoms with Crippen molar-refractivity contribution in [2.24, 2.45) is 7.05 Å². The lowest BCUT2D eigenvalue weighted by Crippen LogP contribution is -2.32. The number of anilines is 1. The molecule has 26 heavy (non-hydrogen) atoms. The molecule has 8 heteroatoms. The van der Waals surface area contributed by atoms with Gasteiger partial charge >= 0.3 is 0 Å². The Morgan fingerprint density at radius 2 is 2.15 bits per heavy atom. The lowest BCUT2D eigenvalue weighted by molar-refractivity contribution is 0.0981. The molecule has 1 aliphatic heterocycles. The smallest absolute Gasteiger partial charge is 0.280 e. The summed E-state index contributed by atoms with van der Waals surface area (Å²) in [6.45, 7) is 1.16. The van der Waals surface area contributed by atoms with Crippen molar-refractivity contribution in [1.29, 1.82) is 0 Å². The van der Waals surface area contributed by atoms with Crippen molar-refractivity contribution in [1.82, 2.24) is 19.7 Å². The van der Waals surface area contributed by atoms with Gasteiger partial charge in [-0.2, -0.15) is 5.10 Å². The first-order valence-electron chi connectivity index (χ1n) is 8.56. The van der Waals surface area contributed by atoms with Crippen LogP contribution in [0.25, 0.3) is 11.5 Å². The number of pyridine rings is 1. The summed E-state index contributed by atoms with van der Waals surface area (Å²) < 4.78 is 12.9. The van der Waals surface area contributed by atoms with Gasteiger partial charge < -0.3 is 14.1 Å². The van der Waals surface area contributed by atoms with E-state index in [-0.39, 0.29) is 11.6 Å². The fraction of sp³-hybridized carbons (Fsp3) is 0.333. The summed E-state index contributed by atoms with van der Waals surface area (Å²) in [5.74, 6) is 0.696. The van der Waals surface area contributed by atoms with E-state index in [1.165, 1.54) is 6.26 Å². The minimum Gasteiger partial charge on any atom is -0.478 e. The van der Waals surface area contributed by atoms with Crippen molar-refractivity contribution < 1.29 is 13.9 Å². The Kier molecular flexibility index (Phi) is 4.39. The lowest BCUT2D eigenvalue weighted by atomic mass is 10.2. The third-order valence-electron chi connectivity index (χ3n) is 4.23. The van der Waals surface area contributed by atoms with Gasteiger partial charge in [0, 0.05) is 37.6 Å². The molecule has 8 nitrogen and oxygen atoms in total. The maximum Gasteiger partial charge on any atom is 0.280 e. The van der Waals surface area contributed by atoms with Crippen molar-refractivity contribution in [3.05, 3.63) is 42.7 Å². The molecule has 0 spiro atoms. The topological polar surface area (TPSA) is 86.3 Å². The number of amides is 1. The summed E-state index contributed by atoms with van der Waals surface area (Å²) in [6.07, 6.45) is 9.21. The molecule has 0 atom stereocenters. The number of rotatable bonds is 1. The molecule has 0 saturated carbocycles. The predicted molar refractivity (Wildman–Crippen MR) is 94.0 cm³/mol. The summed E-state index contributed by atoms with van der Waals surface area (Å²) >= 11 is 0. The van der Waals surface area contributed by atoms with Crippen molar-refractivity contribution in [2.75, 3.05) is 18.1 Å². The van der Waals surface area contributed by atoms with Crippen LogP contribution >= 0.6 is 0 Å². The number of fused-ring (bicyclic) bond motifs is 5. The third-order valence-corrected chi connectivity index (χ3v) is 4.23. The average molecular weight is 353 g/mol. The average Bonchev–Trinajstić information content (AvgIpc) is 3.30. The zero-order chi connectivity index (χ0) is 17.9. The van der Waals surface area contributed by atoms with E-state index >= 15 is 0 Å². The summed E-state index contributed by atoms with van der Waals surface area (Å²) in [6, 6.07) is 3.54. The Bertz CT molecular complexity index is 917. The van der Waals surface area contributed by atoms with E-state index < -0.39 is 0 Å². The second-order valence-corrected chi connectivity index (χ2v) is 6.16. The van der Waals surface area contributed by atoms with E-state index in [4.69, 9.17) is 9.15 Å². The van der Waals surface area contributed by atoms with Gasteiger partial charge in [0.2, 0.25) is 11.8 Å². The standard InChI is InChI=1S/C18H19N5O3/c1-22-11-14(10-20-22)23-7-3-2-4-8-25-16-9-13(5-6-19-16)17-21-15(12-26-17)18(23)24/h5-6,9-12H,2-4,7-8H2,1H3. The first kappa shape index (κ1) is 16.3. The van der Waals surface area contributed by atoms with Crippen molar-refractivity contribution in [3.63, 3.8) is 0 Å². The Labute approximate surface area is 150 Å². The molecule has 3 aromatic heterocycles. The van der Waals surface area contributed by atoms with Gasteiger partial charge in [-0.05, 0) is 25.3 Å². The number of ether oxygens (including phenoxy) is 1. The van der Waals surface area contributed by atoms with Crippen LogP contribution < -0.4 is 9.64 Å². The molecule has 3 aromatic rings. The normalized spacial score (nSPS) is 15.4. The fourth-order valence-corrected chi connectivity index (χ4v) is 2.89. The van der Waals surface area contributed by atoms with E-state index in [1.807, 2.05) is 13.2 Å². The van der Waals surface area contributed by atoms with Crippen LogP contribution in [0.3, 0.4) is 0 Å². The van der Waals surface area contributed by atoms with Crippen LogP contribution in [-0.2, 0) is 7.05 Å². The monoisotopic (exact) mass is 353 g/mol. The predicted octanol–water partition coefficient (Wildman–Crippen LogP) is 2.68. The molecule has 0 N–H and O–H groups in total. The summed E-state index contributed by atoms with van der Waals surface area (Å²) in [7, 11) is 1.82. The number of carbonyl (C=O) groups is 1. The van der Waals surface area contributed by atoms with E-state index in [0.717, 1.165) is 30.5 Å². The van der Waals surface area contributed by atoms with Gasteiger partial charge in [-0.3, -0.25) is 9.48 Å². The van der Waals surface area contributed by atoms with E-state index in [9.17, 15) is 4.79 Å². The molecule has 4 rings (SSSR count). The SMILES string of the molecule is Cn1cc(N2CCCCCOc3cc(ccn3)-c3nc(co3)C2=O)cn1. The van der Waals surface area contributed by atoms with Gasteiger partial charge in [-0.15, -0.1) is 0 Å². The molecule has 0 saturated heterocycles. The number of hydrogen-bond donors (Lipinski definition) is 0. The minimum absolute atomic E-state index is 0.199. The van der Waals surface area contributed by atoms with Crippen LogP contribution in [0.5, 0.6) is 5.88 Å². The van der Waals surface area contributed by atoms with Crippen LogP contribution in [0.4, 0.5) is 5.69 Å². The van der Waals surface area contributed by atoms with Crippen LogP contribution in [0.1, 0.15) is 29.8 Å². The maximum absolute atomic E-state index is 13.0. The number of oxazole rings is 1. The molecule has 0 aromatic carbocycles. The van der Waals surface area contributed by atoms with E-state index in [1.54, 1.807) is 34.1 Å². The maximum atomic E-state index is 13.0. The van der Waals surface area contributed by atoms with Crippen molar-refractivity contribution >= 4 is 11.6 Å². The van der Waals surface area contributed by atoms with Crippen LogP contribution in [-0.4, -0.2) is 38.8 Å². The highest BCUT2D eigenvalue weighted by Gasteiger charge is 2.23. The summed E-state index contributed by atoms with van der Waals surface area (Å²) in [5, 5.41) is 4.17. The van der Waals surface area contributed by atoms with Crippen LogP contribution in [0.15, 0.2) is 41.4 Å². The number of carbonyl (C=O) groups excluding carboxylic acids is 1. The van der Waals surface area contributed by atoms with Gasteiger partial charge in [0.05, 0.1) is 18.5 Å². The number of nitrogens with zero attached hydrogens (tertiary/aromatic N) is 5. The van der Waals surface area contributed by atoms with Gasteiger partial charge in [0.15, 0.2) is 5.69 Å². The zero-order valence-corrected chi connectivity index (χ0v) is 14.5. The quantitative estimate of drug-likeness (QED) is 0.668. The molecule has 0 fully saturated rings. The molecule has 1 amide bonds. The highest BCUT2D eigenvalue weighted by Crippen LogP contribution is 2.24. The molecule has 0 unspecified atom stereocenters. The molecule has 0 aliphatic carbocycles. The van der Waals surface area contributed by atoms with Gasteiger partial charge in [-0.1, -0.05) is 0 Å². The number of aryl methyl sites for hydroxylation is 1. The van der Waals surface area contributed by atoms with Crippen LogP contribution in [0, 0.1) is 0 Å². The van der Waals surface area contributed by atoms with E-state index in [2.05, 4.69) is 15.1 Å². The second-order valence-electron chi connectivity index (χ2n) is 6.16. The highest BCUT2D eigenvalue weighted by molar-refractivity contribution is 6.04. The fourth-order valence-electron chi connectivity index (χ4n) is 2.89.